The smallest absolute Gasteiger partial charge is 0.253 e. The third kappa shape index (κ3) is 5.19. The summed E-state index contributed by atoms with van der Waals surface area (Å²) in [4.78, 5) is 25.8. The van der Waals surface area contributed by atoms with Crippen LogP contribution in [-0.2, 0) is 0 Å². The fourth-order valence-electron chi connectivity index (χ4n) is 2.03. The highest BCUT2D eigenvalue weighted by Crippen LogP contribution is 2.08. The summed E-state index contributed by atoms with van der Waals surface area (Å²) in [7, 11) is 1.88. The Labute approximate surface area is 126 Å². The summed E-state index contributed by atoms with van der Waals surface area (Å²) in [5, 5.41) is 5.88. The van der Waals surface area contributed by atoms with Crippen molar-refractivity contribution in [3.8, 4) is 0 Å². The molecule has 0 bridgehead atoms. The van der Waals surface area contributed by atoms with Crippen LogP contribution in [0.2, 0.25) is 0 Å². The molecule has 0 unspecified atom stereocenters. The second-order valence-corrected chi connectivity index (χ2v) is 4.77. The highest BCUT2D eigenvalue weighted by molar-refractivity contribution is 5.97. The molecule has 2 amide bonds. The average molecular weight is 291 g/mol. The molecule has 0 aromatic heterocycles. The van der Waals surface area contributed by atoms with Gasteiger partial charge in [-0.25, -0.2) is 0 Å². The molecule has 1 rings (SSSR count). The molecular formula is C16H25N3O2. The van der Waals surface area contributed by atoms with Gasteiger partial charge in [0.25, 0.3) is 11.8 Å². The van der Waals surface area contributed by atoms with Gasteiger partial charge < -0.3 is 15.5 Å². The van der Waals surface area contributed by atoms with Crippen molar-refractivity contribution in [2.24, 2.45) is 0 Å². The predicted molar refractivity (Wildman–Crippen MR) is 84.6 cm³/mol. The van der Waals surface area contributed by atoms with Gasteiger partial charge in [0.15, 0.2) is 0 Å². The Morgan fingerprint density at radius 1 is 1.00 bits per heavy atom. The highest BCUT2D eigenvalue weighted by Gasteiger charge is 2.13. The van der Waals surface area contributed by atoms with E-state index in [-0.39, 0.29) is 11.8 Å². The second-order valence-electron chi connectivity index (χ2n) is 4.77. The van der Waals surface area contributed by atoms with E-state index in [1.165, 1.54) is 0 Å². The number of hydrogen-bond donors (Lipinski definition) is 2. The van der Waals surface area contributed by atoms with Crippen molar-refractivity contribution >= 4 is 11.8 Å². The Morgan fingerprint density at radius 2 is 1.57 bits per heavy atom. The summed E-state index contributed by atoms with van der Waals surface area (Å²) in [5.74, 6) is -0.103. The number of hydrogen-bond acceptors (Lipinski definition) is 3. The minimum atomic E-state index is -0.104. The van der Waals surface area contributed by atoms with Crippen LogP contribution in [0.1, 0.15) is 41.0 Å². The summed E-state index contributed by atoms with van der Waals surface area (Å²) in [5.41, 5.74) is 1.20. The van der Waals surface area contributed by atoms with E-state index < -0.39 is 0 Å². The number of carbonyl (C=O) groups is 2. The van der Waals surface area contributed by atoms with Gasteiger partial charge in [-0.1, -0.05) is 0 Å². The predicted octanol–water partition coefficient (Wildman–Crippen LogP) is 1.51. The molecule has 0 saturated carbocycles. The van der Waals surface area contributed by atoms with Gasteiger partial charge in [0.05, 0.1) is 0 Å². The van der Waals surface area contributed by atoms with Gasteiger partial charge in [-0.2, -0.15) is 0 Å². The lowest BCUT2D eigenvalue weighted by atomic mass is 10.1. The first-order valence-electron chi connectivity index (χ1n) is 7.46. The van der Waals surface area contributed by atoms with Crippen LogP contribution in [0.3, 0.4) is 0 Å². The van der Waals surface area contributed by atoms with Gasteiger partial charge in [0.1, 0.15) is 0 Å². The fourth-order valence-corrected chi connectivity index (χ4v) is 2.03. The molecule has 116 valence electrons. The molecule has 5 nitrogen and oxygen atoms in total. The minimum Gasteiger partial charge on any atom is -0.352 e. The highest BCUT2D eigenvalue weighted by atomic mass is 16.2. The molecule has 0 aliphatic rings. The largest absolute Gasteiger partial charge is 0.352 e. The summed E-state index contributed by atoms with van der Waals surface area (Å²) in [6, 6.07) is 6.82. The summed E-state index contributed by atoms with van der Waals surface area (Å²) in [6.07, 6.45) is 0.890. The first-order valence-corrected chi connectivity index (χ1v) is 7.46. The zero-order chi connectivity index (χ0) is 15.7. The first kappa shape index (κ1) is 17.2. The Bertz CT molecular complexity index is 453. The van der Waals surface area contributed by atoms with E-state index in [0.29, 0.717) is 30.8 Å². The van der Waals surface area contributed by atoms with Gasteiger partial charge >= 0.3 is 0 Å². The van der Waals surface area contributed by atoms with Crippen molar-refractivity contribution in [2.75, 3.05) is 33.2 Å². The molecule has 1 aromatic rings. The normalized spacial score (nSPS) is 10.2. The van der Waals surface area contributed by atoms with Crippen molar-refractivity contribution in [2.45, 2.75) is 20.3 Å². The van der Waals surface area contributed by atoms with Crippen molar-refractivity contribution in [3.05, 3.63) is 35.4 Å². The molecule has 21 heavy (non-hydrogen) atoms. The van der Waals surface area contributed by atoms with Crippen molar-refractivity contribution in [1.82, 2.24) is 15.5 Å². The van der Waals surface area contributed by atoms with E-state index >= 15 is 0 Å². The zero-order valence-electron chi connectivity index (χ0n) is 13.1. The number of amides is 2. The number of nitrogens with one attached hydrogen (secondary N) is 2. The Balaban J connectivity index is 2.61. The standard InChI is InChI=1S/C16H25N3O2/c1-4-19(5-2)16(21)14-9-7-13(8-10-14)15(20)18-12-6-11-17-3/h7-10,17H,4-6,11-12H2,1-3H3,(H,18,20). The Kier molecular flexibility index (Phi) is 7.46. The molecule has 5 heteroatoms. The van der Waals surface area contributed by atoms with Gasteiger partial charge in [-0.3, -0.25) is 9.59 Å². The van der Waals surface area contributed by atoms with E-state index in [1.54, 1.807) is 29.2 Å². The molecular weight excluding hydrogens is 266 g/mol. The topological polar surface area (TPSA) is 61.4 Å². The van der Waals surface area contributed by atoms with Crippen LogP contribution in [0.4, 0.5) is 0 Å². The molecule has 0 atom stereocenters. The van der Waals surface area contributed by atoms with Crippen LogP contribution < -0.4 is 10.6 Å². The SMILES string of the molecule is CCN(CC)C(=O)c1ccc(C(=O)NCCCNC)cc1. The zero-order valence-corrected chi connectivity index (χ0v) is 13.1. The molecule has 0 spiro atoms. The molecule has 0 saturated heterocycles. The summed E-state index contributed by atoms with van der Waals surface area (Å²) in [6.45, 7) is 6.78. The maximum absolute atomic E-state index is 12.2. The van der Waals surface area contributed by atoms with E-state index in [1.807, 2.05) is 20.9 Å². The average Bonchev–Trinajstić information content (AvgIpc) is 2.52. The van der Waals surface area contributed by atoms with Crippen LogP contribution in [-0.4, -0.2) is 49.9 Å². The van der Waals surface area contributed by atoms with Crippen LogP contribution in [0.25, 0.3) is 0 Å². The lowest BCUT2D eigenvalue weighted by Crippen LogP contribution is -2.30. The number of nitrogens with zero attached hydrogens (tertiary/aromatic N) is 1. The maximum atomic E-state index is 12.2. The quantitative estimate of drug-likeness (QED) is 0.714. The van der Waals surface area contributed by atoms with Gasteiger partial charge in [0, 0.05) is 30.8 Å². The van der Waals surface area contributed by atoms with Crippen LogP contribution in [0.5, 0.6) is 0 Å². The van der Waals surface area contributed by atoms with E-state index in [9.17, 15) is 9.59 Å². The minimum absolute atomic E-state index is 0.000906. The Hall–Kier alpha value is -1.88. The molecule has 0 aliphatic heterocycles. The molecule has 2 N–H and O–H groups in total. The second kappa shape index (κ2) is 9.13. The van der Waals surface area contributed by atoms with Gasteiger partial charge in [-0.05, 0) is 58.1 Å². The molecule has 0 fully saturated rings. The van der Waals surface area contributed by atoms with Gasteiger partial charge in [-0.15, -0.1) is 0 Å². The third-order valence-electron chi connectivity index (χ3n) is 3.33. The lowest BCUT2D eigenvalue weighted by Gasteiger charge is -2.18. The Morgan fingerprint density at radius 3 is 2.10 bits per heavy atom. The molecule has 0 heterocycles. The number of benzene rings is 1. The first-order chi connectivity index (χ1) is 10.1. The van der Waals surface area contributed by atoms with Crippen molar-refractivity contribution < 1.29 is 9.59 Å². The number of rotatable bonds is 8. The van der Waals surface area contributed by atoms with Crippen LogP contribution in [0, 0.1) is 0 Å². The van der Waals surface area contributed by atoms with Crippen LogP contribution in [0.15, 0.2) is 24.3 Å². The lowest BCUT2D eigenvalue weighted by molar-refractivity contribution is 0.0772. The van der Waals surface area contributed by atoms with Gasteiger partial charge in [0.2, 0.25) is 0 Å². The van der Waals surface area contributed by atoms with Crippen molar-refractivity contribution in [1.29, 1.82) is 0 Å². The van der Waals surface area contributed by atoms with Crippen LogP contribution >= 0.6 is 0 Å². The molecule has 0 radical (unpaired) electrons. The van der Waals surface area contributed by atoms with E-state index in [0.717, 1.165) is 13.0 Å². The fraction of sp³-hybridized carbons (Fsp3) is 0.500. The van der Waals surface area contributed by atoms with E-state index in [4.69, 9.17) is 0 Å². The monoisotopic (exact) mass is 291 g/mol. The summed E-state index contributed by atoms with van der Waals surface area (Å²) >= 11 is 0. The maximum Gasteiger partial charge on any atom is 0.253 e. The number of carbonyl (C=O) groups excluding carboxylic acids is 2. The molecule has 1 aromatic carbocycles. The van der Waals surface area contributed by atoms with E-state index in [2.05, 4.69) is 10.6 Å². The van der Waals surface area contributed by atoms with Crippen molar-refractivity contribution in [3.63, 3.8) is 0 Å². The third-order valence-corrected chi connectivity index (χ3v) is 3.33. The summed E-state index contributed by atoms with van der Waals surface area (Å²) < 4.78 is 0. The molecule has 0 aliphatic carbocycles.